The molecular weight excluding hydrogens is 302 g/mol. The summed E-state index contributed by atoms with van der Waals surface area (Å²) in [4.78, 5) is 11.1. The van der Waals surface area contributed by atoms with Crippen LogP contribution in [0, 0.1) is 0 Å². The van der Waals surface area contributed by atoms with Crippen molar-refractivity contribution in [2.24, 2.45) is 0 Å². The quantitative estimate of drug-likeness (QED) is 0.615. The molecule has 0 fully saturated rings. The molecule has 0 aliphatic heterocycles. The number of phenols is 1. The van der Waals surface area contributed by atoms with Gasteiger partial charge < -0.3 is 15.2 Å². The zero-order chi connectivity index (χ0) is 18.5. The van der Waals surface area contributed by atoms with Gasteiger partial charge in [0.25, 0.3) is 0 Å². The number of hydrogen-bond acceptors (Lipinski definition) is 3. The Balaban J connectivity index is 2.91. The fourth-order valence-corrected chi connectivity index (χ4v) is 2.43. The predicted octanol–water partition coefficient (Wildman–Crippen LogP) is 3.81. The van der Waals surface area contributed by atoms with E-state index in [-0.39, 0.29) is 16.7 Å². The standard InChI is InChI=1S/C20H31NO3/c1-8-17(22)21-9-10-24-13-14-11-15(19(2,3)4)18(23)16(12-14)20(5,6)7/h8,11-12,23H,1,9-10,13H2,2-7H3,(H,21,22). The van der Waals surface area contributed by atoms with Crippen molar-refractivity contribution in [2.45, 2.75) is 59.0 Å². The number of hydrogen-bond donors (Lipinski definition) is 2. The van der Waals surface area contributed by atoms with Gasteiger partial charge in [-0.3, -0.25) is 4.79 Å². The van der Waals surface area contributed by atoms with Crippen molar-refractivity contribution >= 4 is 5.91 Å². The van der Waals surface area contributed by atoms with Gasteiger partial charge in [0, 0.05) is 6.54 Å². The van der Waals surface area contributed by atoms with Crippen LogP contribution in [0.5, 0.6) is 5.75 Å². The third-order valence-electron chi connectivity index (χ3n) is 3.79. The number of ether oxygens (including phenoxy) is 1. The van der Waals surface area contributed by atoms with Gasteiger partial charge in [0.2, 0.25) is 5.91 Å². The minimum absolute atomic E-state index is 0.155. The molecule has 24 heavy (non-hydrogen) atoms. The van der Waals surface area contributed by atoms with E-state index in [1.807, 2.05) is 12.1 Å². The fraction of sp³-hybridized carbons (Fsp3) is 0.550. The number of carbonyl (C=O) groups excluding carboxylic acids is 1. The van der Waals surface area contributed by atoms with E-state index in [1.54, 1.807) is 0 Å². The van der Waals surface area contributed by atoms with Crippen molar-refractivity contribution in [2.75, 3.05) is 13.2 Å². The summed E-state index contributed by atoms with van der Waals surface area (Å²) >= 11 is 0. The molecule has 0 spiro atoms. The molecule has 4 heteroatoms. The number of benzene rings is 1. The average molecular weight is 333 g/mol. The van der Waals surface area contributed by atoms with E-state index in [4.69, 9.17) is 4.74 Å². The lowest BCUT2D eigenvalue weighted by atomic mass is 9.78. The highest BCUT2D eigenvalue weighted by Gasteiger charge is 2.26. The van der Waals surface area contributed by atoms with Crippen LogP contribution < -0.4 is 5.32 Å². The highest BCUT2D eigenvalue weighted by Crippen LogP contribution is 2.39. The molecule has 0 atom stereocenters. The molecule has 0 bridgehead atoms. The summed E-state index contributed by atoms with van der Waals surface area (Å²) in [6.07, 6.45) is 1.24. The second kappa shape index (κ2) is 7.84. The molecule has 1 rings (SSSR count). The van der Waals surface area contributed by atoms with Gasteiger partial charge in [0.05, 0.1) is 13.2 Å². The summed E-state index contributed by atoms with van der Waals surface area (Å²) in [6.45, 7) is 17.2. The number of phenolic OH excluding ortho intramolecular Hbond substituents is 1. The maximum atomic E-state index is 11.1. The van der Waals surface area contributed by atoms with Gasteiger partial charge in [-0.15, -0.1) is 0 Å². The summed E-state index contributed by atoms with van der Waals surface area (Å²) in [7, 11) is 0. The molecule has 1 amide bonds. The lowest BCUT2D eigenvalue weighted by Crippen LogP contribution is -2.25. The van der Waals surface area contributed by atoms with Crippen molar-refractivity contribution < 1.29 is 14.6 Å². The molecule has 0 aromatic heterocycles. The van der Waals surface area contributed by atoms with Gasteiger partial charge >= 0.3 is 0 Å². The number of nitrogens with one attached hydrogen (secondary N) is 1. The summed E-state index contributed by atoms with van der Waals surface area (Å²) in [5.41, 5.74) is 2.57. The zero-order valence-corrected chi connectivity index (χ0v) is 15.8. The van der Waals surface area contributed by atoms with Crippen LogP contribution in [0.15, 0.2) is 24.8 Å². The number of carbonyl (C=O) groups is 1. The van der Waals surface area contributed by atoms with E-state index in [0.29, 0.717) is 25.5 Å². The summed E-state index contributed by atoms with van der Waals surface area (Å²) < 4.78 is 5.66. The van der Waals surface area contributed by atoms with Crippen LogP contribution in [0.25, 0.3) is 0 Å². The molecular formula is C20H31NO3. The first-order chi connectivity index (χ1) is 11.0. The maximum absolute atomic E-state index is 11.1. The number of rotatable bonds is 6. The number of amides is 1. The molecule has 0 saturated carbocycles. The van der Waals surface area contributed by atoms with Crippen LogP contribution in [0.1, 0.15) is 58.2 Å². The highest BCUT2D eigenvalue weighted by atomic mass is 16.5. The Kier molecular flexibility index (Phi) is 6.61. The first-order valence-electron chi connectivity index (χ1n) is 8.31. The molecule has 0 aliphatic carbocycles. The monoisotopic (exact) mass is 333 g/mol. The Morgan fingerprint density at radius 3 is 2.08 bits per heavy atom. The molecule has 2 N–H and O–H groups in total. The minimum Gasteiger partial charge on any atom is -0.507 e. The van der Waals surface area contributed by atoms with Crippen LogP contribution in [0.2, 0.25) is 0 Å². The number of aromatic hydroxyl groups is 1. The Morgan fingerprint density at radius 2 is 1.67 bits per heavy atom. The molecule has 0 radical (unpaired) electrons. The molecule has 4 nitrogen and oxygen atoms in total. The van der Waals surface area contributed by atoms with Crippen LogP contribution in [-0.4, -0.2) is 24.2 Å². The second-order valence-corrected chi connectivity index (χ2v) is 8.09. The van der Waals surface area contributed by atoms with Crippen LogP contribution in [0.3, 0.4) is 0 Å². The van der Waals surface area contributed by atoms with E-state index >= 15 is 0 Å². The van der Waals surface area contributed by atoms with Crippen molar-refractivity contribution in [3.05, 3.63) is 41.5 Å². The largest absolute Gasteiger partial charge is 0.507 e. The highest BCUT2D eigenvalue weighted by molar-refractivity contribution is 5.86. The van der Waals surface area contributed by atoms with Crippen LogP contribution in [0.4, 0.5) is 0 Å². The normalized spacial score (nSPS) is 12.1. The Hall–Kier alpha value is -1.81. The average Bonchev–Trinajstić information content (AvgIpc) is 2.45. The first-order valence-corrected chi connectivity index (χ1v) is 8.31. The molecule has 0 saturated heterocycles. The first kappa shape index (κ1) is 20.2. The van der Waals surface area contributed by atoms with Crippen molar-refractivity contribution in [1.29, 1.82) is 0 Å². The van der Waals surface area contributed by atoms with Gasteiger partial charge in [-0.1, -0.05) is 48.1 Å². The van der Waals surface area contributed by atoms with Gasteiger partial charge in [0.15, 0.2) is 0 Å². The molecule has 0 unspecified atom stereocenters. The lowest BCUT2D eigenvalue weighted by Gasteiger charge is -2.28. The van der Waals surface area contributed by atoms with Gasteiger partial charge in [-0.05, 0) is 45.7 Å². The molecule has 1 aromatic carbocycles. The van der Waals surface area contributed by atoms with Crippen LogP contribution in [-0.2, 0) is 27.0 Å². The van der Waals surface area contributed by atoms with Gasteiger partial charge in [0.1, 0.15) is 5.75 Å². The SMILES string of the molecule is C=CC(=O)NCCOCc1cc(C(C)(C)C)c(O)c(C(C)(C)C)c1. The van der Waals surface area contributed by atoms with E-state index in [0.717, 1.165) is 16.7 Å². The predicted molar refractivity (Wildman–Crippen MR) is 98.4 cm³/mol. The summed E-state index contributed by atoms with van der Waals surface area (Å²) in [6, 6.07) is 4.01. The maximum Gasteiger partial charge on any atom is 0.243 e. The third-order valence-corrected chi connectivity index (χ3v) is 3.79. The molecule has 134 valence electrons. The summed E-state index contributed by atoms with van der Waals surface area (Å²) in [5.74, 6) is 0.172. The van der Waals surface area contributed by atoms with Gasteiger partial charge in [-0.25, -0.2) is 0 Å². The third kappa shape index (κ3) is 5.68. The van der Waals surface area contributed by atoms with Crippen molar-refractivity contribution in [3.63, 3.8) is 0 Å². The minimum atomic E-state index is -0.201. The summed E-state index contributed by atoms with van der Waals surface area (Å²) in [5, 5.41) is 13.4. The molecule has 0 aliphatic rings. The molecule has 1 aromatic rings. The lowest BCUT2D eigenvalue weighted by molar-refractivity contribution is -0.116. The Labute approximate surface area is 145 Å². The Bertz CT molecular complexity index is 557. The van der Waals surface area contributed by atoms with Crippen molar-refractivity contribution in [3.8, 4) is 5.75 Å². The smallest absolute Gasteiger partial charge is 0.243 e. The fourth-order valence-electron chi connectivity index (χ4n) is 2.43. The second-order valence-electron chi connectivity index (χ2n) is 8.09. The van der Waals surface area contributed by atoms with E-state index in [9.17, 15) is 9.90 Å². The van der Waals surface area contributed by atoms with Crippen molar-refractivity contribution in [1.82, 2.24) is 5.32 Å². The molecule has 0 heterocycles. The van der Waals surface area contributed by atoms with E-state index < -0.39 is 0 Å². The van der Waals surface area contributed by atoms with Crippen LogP contribution >= 0.6 is 0 Å². The van der Waals surface area contributed by atoms with E-state index in [1.165, 1.54) is 6.08 Å². The van der Waals surface area contributed by atoms with E-state index in [2.05, 4.69) is 53.4 Å². The zero-order valence-electron chi connectivity index (χ0n) is 15.8. The van der Waals surface area contributed by atoms with Gasteiger partial charge in [-0.2, -0.15) is 0 Å². The topological polar surface area (TPSA) is 58.6 Å². The Morgan fingerprint density at radius 1 is 1.17 bits per heavy atom.